The van der Waals surface area contributed by atoms with Gasteiger partial charge in [0.05, 0.1) is 0 Å². The minimum absolute atomic E-state index is 0.246. The number of likely N-dealkylation sites (tertiary alicyclic amines) is 1. The highest BCUT2D eigenvalue weighted by atomic mass is 79.9. The van der Waals surface area contributed by atoms with Crippen LogP contribution in [0.15, 0.2) is 30.3 Å². The van der Waals surface area contributed by atoms with E-state index in [0.717, 1.165) is 25.9 Å². The highest BCUT2D eigenvalue weighted by molar-refractivity contribution is 9.09. The van der Waals surface area contributed by atoms with Gasteiger partial charge in [-0.05, 0) is 24.3 Å². The molecule has 2 fully saturated rings. The number of alkyl halides is 1. The van der Waals surface area contributed by atoms with Gasteiger partial charge in [-0.1, -0.05) is 46.3 Å². The lowest BCUT2D eigenvalue weighted by molar-refractivity contribution is -0.131. The molecule has 1 saturated carbocycles. The van der Waals surface area contributed by atoms with Gasteiger partial charge in [-0.25, -0.2) is 0 Å². The number of hydrogen-bond donors (Lipinski definition) is 0. The normalized spacial score (nSPS) is 31.6. The number of nitrogens with zero attached hydrogens (tertiary/aromatic N) is 1. The van der Waals surface area contributed by atoms with Gasteiger partial charge >= 0.3 is 0 Å². The summed E-state index contributed by atoms with van der Waals surface area (Å²) >= 11 is 3.58. The second-order valence-electron chi connectivity index (χ2n) is 5.03. The molecule has 17 heavy (non-hydrogen) atoms. The monoisotopic (exact) mass is 293 g/mol. The van der Waals surface area contributed by atoms with Gasteiger partial charge in [0, 0.05) is 23.8 Å². The van der Waals surface area contributed by atoms with Crippen molar-refractivity contribution in [1.82, 2.24) is 4.90 Å². The Balaban J connectivity index is 1.63. The maximum atomic E-state index is 12.2. The third-order valence-corrected chi connectivity index (χ3v) is 4.53. The minimum atomic E-state index is 0.246. The van der Waals surface area contributed by atoms with E-state index in [1.54, 1.807) is 0 Å². The summed E-state index contributed by atoms with van der Waals surface area (Å²) in [7, 11) is 0. The number of carbonyl (C=O) groups excluding carboxylic acids is 1. The molecule has 3 heteroatoms. The number of amides is 1. The second-order valence-corrected chi connectivity index (χ2v) is 6.32. The van der Waals surface area contributed by atoms with Crippen LogP contribution in [0.3, 0.4) is 0 Å². The summed E-state index contributed by atoms with van der Waals surface area (Å²) in [6, 6.07) is 10.4. The molecule has 0 N–H and O–H groups in total. The van der Waals surface area contributed by atoms with Gasteiger partial charge < -0.3 is 4.90 Å². The molecule has 1 aromatic carbocycles. The molecule has 0 aromatic heterocycles. The van der Waals surface area contributed by atoms with Crippen molar-refractivity contribution in [1.29, 1.82) is 0 Å². The van der Waals surface area contributed by atoms with E-state index in [4.69, 9.17) is 0 Å². The molecule has 1 aliphatic heterocycles. The number of halogens is 1. The van der Waals surface area contributed by atoms with Crippen LogP contribution in [0.25, 0.3) is 0 Å². The first-order valence-corrected chi connectivity index (χ1v) is 7.15. The molecular formula is C14H16BrNO. The van der Waals surface area contributed by atoms with Gasteiger partial charge in [0.25, 0.3) is 0 Å². The van der Waals surface area contributed by atoms with Gasteiger partial charge in [0.2, 0.25) is 5.91 Å². The number of hydrogen-bond acceptors (Lipinski definition) is 1. The fourth-order valence-electron chi connectivity index (χ4n) is 2.69. The molecule has 1 saturated heterocycles. The van der Waals surface area contributed by atoms with E-state index in [0.29, 0.717) is 16.7 Å². The molecule has 1 aromatic rings. The molecule has 1 amide bonds. The first-order valence-electron chi connectivity index (χ1n) is 6.23. The lowest BCUT2D eigenvalue weighted by atomic mass is 10.1. The van der Waals surface area contributed by atoms with Gasteiger partial charge in [0.1, 0.15) is 0 Å². The molecule has 0 radical (unpaired) electrons. The summed E-state index contributed by atoms with van der Waals surface area (Å²) in [5.74, 6) is 1.08. The SMILES string of the molecule is O=C(C1CC1c1ccccc1)N1CCC(Br)C1. The molecule has 3 rings (SSSR count). The Morgan fingerprint density at radius 3 is 2.71 bits per heavy atom. The van der Waals surface area contributed by atoms with E-state index in [-0.39, 0.29) is 5.92 Å². The molecule has 1 aliphatic carbocycles. The summed E-state index contributed by atoms with van der Waals surface area (Å²) in [5, 5.41) is 0. The highest BCUT2D eigenvalue weighted by Crippen LogP contribution is 2.48. The molecular weight excluding hydrogens is 278 g/mol. The Labute approximate surface area is 110 Å². The fraction of sp³-hybridized carbons (Fsp3) is 0.500. The van der Waals surface area contributed by atoms with Crippen LogP contribution in [-0.2, 0) is 4.79 Å². The smallest absolute Gasteiger partial charge is 0.226 e. The van der Waals surface area contributed by atoms with Gasteiger partial charge in [-0.3, -0.25) is 4.79 Å². The summed E-state index contributed by atoms with van der Waals surface area (Å²) in [4.78, 5) is 14.8. The third-order valence-electron chi connectivity index (χ3n) is 3.78. The number of rotatable bonds is 2. The predicted molar refractivity (Wildman–Crippen MR) is 71.2 cm³/mol. The fourth-order valence-corrected chi connectivity index (χ4v) is 3.24. The quantitative estimate of drug-likeness (QED) is 0.768. The van der Waals surface area contributed by atoms with Crippen molar-refractivity contribution >= 4 is 21.8 Å². The largest absolute Gasteiger partial charge is 0.341 e. The maximum absolute atomic E-state index is 12.2. The van der Waals surface area contributed by atoms with Crippen molar-refractivity contribution < 1.29 is 4.79 Å². The van der Waals surface area contributed by atoms with Gasteiger partial charge in [-0.2, -0.15) is 0 Å². The lowest BCUT2D eigenvalue weighted by Crippen LogP contribution is -2.30. The van der Waals surface area contributed by atoms with Crippen molar-refractivity contribution in [3.63, 3.8) is 0 Å². The third kappa shape index (κ3) is 2.25. The van der Waals surface area contributed by atoms with E-state index >= 15 is 0 Å². The second kappa shape index (κ2) is 4.45. The molecule has 3 unspecified atom stereocenters. The van der Waals surface area contributed by atoms with Crippen LogP contribution in [0.5, 0.6) is 0 Å². The van der Waals surface area contributed by atoms with Crippen LogP contribution in [0, 0.1) is 5.92 Å². The van der Waals surface area contributed by atoms with Crippen LogP contribution >= 0.6 is 15.9 Å². The number of benzene rings is 1. The van der Waals surface area contributed by atoms with E-state index in [1.807, 2.05) is 11.0 Å². The van der Waals surface area contributed by atoms with Crippen LogP contribution < -0.4 is 0 Å². The first-order chi connectivity index (χ1) is 8.25. The Hall–Kier alpha value is -0.830. The van der Waals surface area contributed by atoms with E-state index < -0.39 is 0 Å². The summed E-state index contributed by atoms with van der Waals surface area (Å²) in [6.45, 7) is 1.81. The average Bonchev–Trinajstić information content (AvgIpc) is 3.05. The highest BCUT2D eigenvalue weighted by Gasteiger charge is 2.46. The lowest BCUT2D eigenvalue weighted by Gasteiger charge is -2.15. The molecule has 0 bridgehead atoms. The molecule has 0 spiro atoms. The Kier molecular flexibility index (Phi) is 2.95. The van der Waals surface area contributed by atoms with Crippen LogP contribution in [0.2, 0.25) is 0 Å². The van der Waals surface area contributed by atoms with Crippen molar-refractivity contribution in [2.24, 2.45) is 5.92 Å². The van der Waals surface area contributed by atoms with Crippen LogP contribution in [-0.4, -0.2) is 28.7 Å². The Morgan fingerprint density at radius 1 is 1.29 bits per heavy atom. The average molecular weight is 294 g/mol. The van der Waals surface area contributed by atoms with Crippen molar-refractivity contribution in [2.75, 3.05) is 13.1 Å². The van der Waals surface area contributed by atoms with E-state index in [9.17, 15) is 4.79 Å². The van der Waals surface area contributed by atoms with Crippen molar-refractivity contribution in [3.8, 4) is 0 Å². The predicted octanol–water partition coefficient (Wildman–Crippen LogP) is 2.79. The molecule has 3 atom stereocenters. The summed E-state index contributed by atoms with van der Waals surface area (Å²) < 4.78 is 0. The molecule has 1 heterocycles. The molecule has 2 aliphatic rings. The first kappa shape index (κ1) is 11.3. The van der Waals surface area contributed by atoms with Crippen molar-refractivity contribution in [3.05, 3.63) is 35.9 Å². The van der Waals surface area contributed by atoms with Crippen LogP contribution in [0.4, 0.5) is 0 Å². The Morgan fingerprint density at radius 2 is 2.06 bits per heavy atom. The zero-order valence-corrected chi connectivity index (χ0v) is 11.3. The minimum Gasteiger partial charge on any atom is -0.341 e. The maximum Gasteiger partial charge on any atom is 0.226 e. The van der Waals surface area contributed by atoms with Gasteiger partial charge in [-0.15, -0.1) is 0 Å². The topological polar surface area (TPSA) is 20.3 Å². The van der Waals surface area contributed by atoms with E-state index in [1.165, 1.54) is 5.56 Å². The standard InChI is InChI=1S/C14H16BrNO/c15-11-6-7-16(9-11)14(17)13-8-12(13)10-4-2-1-3-5-10/h1-5,11-13H,6-9H2. The Bertz CT molecular complexity index is 419. The van der Waals surface area contributed by atoms with Crippen LogP contribution in [0.1, 0.15) is 24.3 Å². The summed E-state index contributed by atoms with van der Waals surface area (Å²) in [6.07, 6.45) is 2.13. The zero-order valence-electron chi connectivity index (χ0n) is 9.68. The van der Waals surface area contributed by atoms with Gasteiger partial charge in [0.15, 0.2) is 0 Å². The van der Waals surface area contributed by atoms with E-state index in [2.05, 4.69) is 40.2 Å². The zero-order chi connectivity index (χ0) is 11.8. The molecule has 90 valence electrons. The van der Waals surface area contributed by atoms with Crippen molar-refractivity contribution in [2.45, 2.75) is 23.6 Å². The molecule has 2 nitrogen and oxygen atoms in total. The summed E-state index contributed by atoms with van der Waals surface area (Å²) in [5.41, 5.74) is 1.32. The number of carbonyl (C=O) groups is 1.